The lowest BCUT2D eigenvalue weighted by Gasteiger charge is -2.14. The zero-order chi connectivity index (χ0) is 19.6. The van der Waals surface area contributed by atoms with Crippen LogP contribution in [0.5, 0.6) is 0 Å². The smallest absolute Gasteiger partial charge is 0.251 e. The molecule has 0 atom stereocenters. The average Bonchev–Trinajstić information content (AvgIpc) is 2.67. The molecule has 0 aromatic heterocycles. The number of carbonyl (C=O) groups excluding carboxylic acids is 2. The first-order chi connectivity index (χ1) is 13.0. The van der Waals surface area contributed by atoms with Gasteiger partial charge in [0.05, 0.1) is 13.2 Å². The summed E-state index contributed by atoms with van der Waals surface area (Å²) >= 11 is 0. The fourth-order valence-electron chi connectivity index (χ4n) is 2.65. The Morgan fingerprint density at radius 1 is 1.07 bits per heavy atom. The van der Waals surface area contributed by atoms with Gasteiger partial charge in [-0.1, -0.05) is 38.1 Å². The van der Waals surface area contributed by atoms with Crippen molar-refractivity contribution in [3.63, 3.8) is 0 Å². The van der Waals surface area contributed by atoms with Gasteiger partial charge in [0.2, 0.25) is 5.91 Å². The summed E-state index contributed by atoms with van der Waals surface area (Å²) in [4.78, 5) is 24.3. The van der Waals surface area contributed by atoms with Crippen LogP contribution in [0.4, 0.5) is 11.4 Å². The maximum absolute atomic E-state index is 12.3. The number of nitrogens with one attached hydrogen (secondary N) is 3. The van der Waals surface area contributed by atoms with Gasteiger partial charge < -0.3 is 20.7 Å². The summed E-state index contributed by atoms with van der Waals surface area (Å²) < 4.78 is 4.91. The molecule has 27 heavy (non-hydrogen) atoms. The minimum atomic E-state index is -0.202. The average molecular weight is 369 g/mol. The molecule has 0 bridgehead atoms. The Bertz CT molecular complexity index is 775. The molecular weight excluding hydrogens is 342 g/mol. The van der Waals surface area contributed by atoms with Crippen molar-refractivity contribution in [2.24, 2.45) is 0 Å². The monoisotopic (exact) mass is 369 g/mol. The van der Waals surface area contributed by atoms with E-state index >= 15 is 0 Å². The lowest BCUT2D eigenvalue weighted by molar-refractivity contribution is -0.114. The van der Waals surface area contributed by atoms with Crippen molar-refractivity contribution in [3.8, 4) is 0 Å². The van der Waals surface area contributed by atoms with Gasteiger partial charge in [-0.3, -0.25) is 9.59 Å². The third-order valence-corrected chi connectivity index (χ3v) is 4.02. The second-order valence-electron chi connectivity index (χ2n) is 6.47. The number of ether oxygens (including phenoxy) is 1. The highest BCUT2D eigenvalue weighted by Crippen LogP contribution is 2.23. The minimum absolute atomic E-state index is 0.147. The molecule has 0 radical (unpaired) electrons. The summed E-state index contributed by atoms with van der Waals surface area (Å²) in [5.74, 6) is -0.0114. The summed E-state index contributed by atoms with van der Waals surface area (Å²) in [7, 11) is 1.58. The van der Waals surface area contributed by atoms with E-state index in [4.69, 9.17) is 4.74 Å². The van der Waals surface area contributed by atoms with E-state index in [1.807, 2.05) is 18.2 Å². The van der Waals surface area contributed by atoms with E-state index in [-0.39, 0.29) is 18.4 Å². The third-order valence-electron chi connectivity index (χ3n) is 4.02. The molecule has 0 heterocycles. The molecule has 0 aliphatic carbocycles. The fraction of sp³-hybridized carbons (Fsp3) is 0.333. The van der Waals surface area contributed by atoms with Crippen LogP contribution in [0.1, 0.15) is 35.7 Å². The van der Waals surface area contributed by atoms with Gasteiger partial charge in [-0.15, -0.1) is 0 Å². The van der Waals surface area contributed by atoms with E-state index < -0.39 is 0 Å². The number of hydrogen-bond donors (Lipinski definition) is 3. The molecule has 2 aromatic carbocycles. The van der Waals surface area contributed by atoms with Gasteiger partial charge in [0.15, 0.2) is 0 Å². The zero-order valence-corrected chi connectivity index (χ0v) is 16.0. The summed E-state index contributed by atoms with van der Waals surface area (Å²) in [6.07, 6.45) is 0. The van der Waals surface area contributed by atoms with E-state index in [9.17, 15) is 9.59 Å². The molecule has 144 valence electrons. The maximum atomic E-state index is 12.3. The molecule has 0 spiro atoms. The van der Waals surface area contributed by atoms with Crippen LogP contribution in [0.15, 0.2) is 48.5 Å². The number of carbonyl (C=O) groups is 2. The van der Waals surface area contributed by atoms with Crippen LogP contribution in [0, 0.1) is 0 Å². The molecule has 0 saturated heterocycles. The molecule has 6 nitrogen and oxygen atoms in total. The number of methoxy groups -OCH3 is 1. The normalized spacial score (nSPS) is 10.5. The SMILES string of the molecule is COCCNC(=O)c1cccc(NC(=O)CNc2ccccc2C(C)C)c1. The summed E-state index contributed by atoms with van der Waals surface area (Å²) in [6.45, 7) is 5.26. The molecular formula is C21H27N3O3. The Hall–Kier alpha value is -2.86. The molecule has 0 unspecified atom stereocenters. The number of hydrogen-bond acceptors (Lipinski definition) is 4. The van der Waals surface area contributed by atoms with Gasteiger partial charge in [-0.2, -0.15) is 0 Å². The number of benzene rings is 2. The lowest BCUT2D eigenvalue weighted by atomic mass is 10.0. The summed E-state index contributed by atoms with van der Waals surface area (Å²) in [5, 5.41) is 8.75. The van der Waals surface area contributed by atoms with E-state index in [2.05, 4.69) is 35.9 Å². The van der Waals surface area contributed by atoms with E-state index in [1.165, 1.54) is 5.56 Å². The molecule has 2 aromatic rings. The van der Waals surface area contributed by atoms with Gasteiger partial charge in [-0.05, 0) is 35.7 Å². The summed E-state index contributed by atoms with van der Waals surface area (Å²) in [6, 6.07) is 14.8. The van der Waals surface area contributed by atoms with Gasteiger partial charge in [0, 0.05) is 30.6 Å². The lowest BCUT2D eigenvalue weighted by Crippen LogP contribution is -2.27. The molecule has 0 aliphatic rings. The Morgan fingerprint density at radius 3 is 2.59 bits per heavy atom. The van der Waals surface area contributed by atoms with Crippen LogP contribution in [-0.2, 0) is 9.53 Å². The number of anilines is 2. The second-order valence-corrected chi connectivity index (χ2v) is 6.47. The van der Waals surface area contributed by atoms with Gasteiger partial charge in [0.25, 0.3) is 5.91 Å². The first kappa shape index (κ1) is 20.5. The highest BCUT2D eigenvalue weighted by atomic mass is 16.5. The van der Waals surface area contributed by atoms with Crippen LogP contribution >= 0.6 is 0 Å². The van der Waals surface area contributed by atoms with Gasteiger partial charge >= 0.3 is 0 Å². The van der Waals surface area contributed by atoms with Crippen molar-refractivity contribution < 1.29 is 14.3 Å². The van der Waals surface area contributed by atoms with E-state index in [1.54, 1.807) is 31.4 Å². The molecule has 2 rings (SSSR count). The fourth-order valence-corrected chi connectivity index (χ4v) is 2.65. The zero-order valence-electron chi connectivity index (χ0n) is 16.0. The molecule has 0 fully saturated rings. The van der Waals surface area contributed by atoms with E-state index in [0.717, 1.165) is 5.69 Å². The van der Waals surface area contributed by atoms with Crippen LogP contribution in [0.2, 0.25) is 0 Å². The first-order valence-electron chi connectivity index (χ1n) is 9.01. The molecule has 0 saturated carbocycles. The topological polar surface area (TPSA) is 79.5 Å². The Kier molecular flexibility index (Phi) is 7.82. The first-order valence-corrected chi connectivity index (χ1v) is 9.01. The van der Waals surface area contributed by atoms with Crippen LogP contribution in [0.25, 0.3) is 0 Å². The second kappa shape index (κ2) is 10.3. The van der Waals surface area contributed by atoms with Crippen molar-refractivity contribution in [3.05, 3.63) is 59.7 Å². The van der Waals surface area contributed by atoms with Crippen molar-refractivity contribution in [1.29, 1.82) is 0 Å². The predicted molar refractivity (Wildman–Crippen MR) is 108 cm³/mol. The van der Waals surface area contributed by atoms with Gasteiger partial charge in [0.1, 0.15) is 0 Å². The standard InChI is InChI=1S/C21H27N3O3/c1-15(2)18-9-4-5-10-19(18)23-14-20(25)24-17-8-6-7-16(13-17)21(26)22-11-12-27-3/h4-10,13,15,23H,11-12,14H2,1-3H3,(H,22,26)(H,24,25). The van der Waals surface area contributed by atoms with Crippen molar-refractivity contribution in [1.82, 2.24) is 5.32 Å². The Morgan fingerprint density at radius 2 is 1.85 bits per heavy atom. The van der Waals surface area contributed by atoms with Crippen molar-refractivity contribution in [2.75, 3.05) is 37.4 Å². The Labute approximate surface area is 160 Å². The molecule has 3 N–H and O–H groups in total. The Balaban J connectivity index is 1.92. The molecule has 0 aliphatic heterocycles. The quantitative estimate of drug-likeness (QED) is 0.593. The molecule has 6 heteroatoms. The van der Waals surface area contributed by atoms with Crippen molar-refractivity contribution in [2.45, 2.75) is 19.8 Å². The largest absolute Gasteiger partial charge is 0.383 e. The third kappa shape index (κ3) is 6.42. The van der Waals surface area contributed by atoms with Crippen LogP contribution < -0.4 is 16.0 Å². The van der Waals surface area contributed by atoms with E-state index in [0.29, 0.717) is 30.3 Å². The number of amides is 2. The van der Waals surface area contributed by atoms with Crippen LogP contribution in [0.3, 0.4) is 0 Å². The minimum Gasteiger partial charge on any atom is -0.383 e. The highest BCUT2D eigenvalue weighted by Gasteiger charge is 2.09. The predicted octanol–water partition coefficient (Wildman–Crippen LogP) is 3.24. The number of rotatable bonds is 9. The highest BCUT2D eigenvalue weighted by molar-refractivity contribution is 5.98. The van der Waals surface area contributed by atoms with Gasteiger partial charge in [-0.25, -0.2) is 0 Å². The summed E-state index contributed by atoms with van der Waals surface area (Å²) in [5.41, 5.74) is 3.19. The van der Waals surface area contributed by atoms with Crippen LogP contribution in [-0.4, -0.2) is 38.6 Å². The van der Waals surface area contributed by atoms with Crippen molar-refractivity contribution >= 4 is 23.2 Å². The maximum Gasteiger partial charge on any atom is 0.251 e. The molecule has 2 amide bonds. The number of para-hydroxylation sites is 1.